The molecule has 0 saturated carbocycles. The Kier molecular flexibility index (Phi) is 3.72. The molecule has 0 amide bonds. The number of pyridine rings is 1. The molecule has 0 radical (unpaired) electrons. The molecule has 4 nitrogen and oxygen atoms in total. The second kappa shape index (κ2) is 5.00. The maximum absolute atomic E-state index is 9.50. The van der Waals surface area contributed by atoms with Crippen LogP contribution in [0, 0.1) is 12.8 Å². The zero-order valence-electron chi connectivity index (χ0n) is 12.4. The van der Waals surface area contributed by atoms with Gasteiger partial charge in [0, 0.05) is 5.56 Å². The lowest BCUT2D eigenvalue weighted by atomic mass is 9.98. The summed E-state index contributed by atoms with van der Waals surface area (Å²) in [5.74, 6) is 1.96. The van der Waals surface area contributed by atoms with E-state index in [0.717, 1.165) is 29.2 Å². The smallest absolute Gasteiger partial charge is 0.183 e. The summed E-state index contributed by atoms with van der Waals surface area (Å²) in [6, 6.07) is 0. The minimum Gasteiger partial charge on any atom is -0.485 e. The van der Waals surface area contributed by atoms with Crippen molar-refractivity contribution < 1.29 is 14.6 Å². The van der Waals surface area contributed by atoms with Crippen LogP contribution in [0.5, 0.6) is 11.5 Å². The van der Waals surface area contributed by atoms with E-state index in [-0.39, 0.29) is 12.2 Å². The van der Waals surface area contributed by atoms with Gasteiger partial charge in [0.15, 0.2) is 11.5 Å². The predicted octanol–water partition coefficient (Wildman–Crippen LogP) is 2.63. The van der Waals surface area contributed by atoms with Gasteiger partial charge in [-0.1, -0.05) is 13.8 Å². The molecular weight excluding hydrogens is 242 g/mol. The lowest BCUT2D eigenvalue weighted by Crippen LogP contribution is -2.39. The SMILES string of the molecule is Cc1nc(CO)c(CC(C)C)c2c1OC(C)(C)CO2. The molecule has 0 saturated heterocycles. The number of aliphatic hydroxyl groups is 1. The monoisotopic (exact) mass is 265 g/mol. The van der Waals surface area contributed by atoms with E-state index < -0.39 is 0 Å². The zero-order valence-corrected chi connectivity index (χ0v) is 12.4. The van der Waals surface area contributed by atoms with E-state index in [1.807, 2.05) is 20.8 Å². The van der Waals surface area contributed by atoms with Crippen LogP contribution in [0.3, 0.4) is 0 Å². The van der Waals surface area contributed by atoms with Crippen LogP contribution in [0.25, 0.3) is 0 Å². The summed E-state index contributed by atoms with van der Waals surface area (Å²) in [6.45, 7) is 10.6. The van der Waals surface area contributed by atoms with E-state index in [1.165, 1.54) is 0 Å². The summed E-state index contributed by atoms with van der Waals surface area (Å²) in [5.41, 5.74) is 2.12. The first-order chi connectivity index (χ1) is 8.84. The number of fused-ring (bicyclic) bond motifs is 1. The Labute approximate surface area is 114 Å². The summed E-state index contributed by atoms with van der Waals surface area (Å²) >= 11 is 0. The number of hydrogen-bond acceptors (Lipinski definition) is 4. The van der Waals surface area contributed by atoms with Gasteiger partial charge in [-0.15, -0.1) is 0 Å². The number of aromatic nitrogens is 1. The van der Waals surface area contributed by atoms with Crippen molar-refractivity contribution in [2.75, 3.05) is 6.61 Å². The molecule has 0 spiro atoms. The zero-order chi connectivity index (χ0) is 14.2. The third kappa shape index (κ3) is 2.84. The number of ether oxygens (including phenoxy) is 2. The molecule has 2 rings (SSSR count). The number of aliphatic hydroxyl groups excluding tert-OH is 1. The Morgan fingerprint density at radius 3 is 2.58 bits per heavy atom. The lowest BCUT2D eigenvalue weighted by Gasteiger charge is -2.34. The average molecular weight is 265 g/mol. The molecule has 2 heterocycles. The Bertz CT molecular complexity index is 481. The van der Waals surface area contributed by atoms with Crippen LogP contribution in [-0.2, 0) is 13.0 Å². The maximum Gasteiger partial charge on any atom is 0.183 e. The minimum atomic E-state index is -0.338. The van der Waals surface area contributed by atoms with Crippen LogP contribution < -0.4 is 9.47 Å². The Balaban J connectivity index is 2.53. The van der Waals surface area contributed by atoms with Crippen LogP contribution in [0.2, 0.25) is 0 Å². The number of rotatable bonds is 3. The Hall–Kier alpha value is -1.29. The molecule has 1 aliphatic rings. The highest BCUT2D eigenvalue weighted by molar-refractivity contribution is 5.52. The molecule has 0 aromatic carbocycles. The number of aryl methyl sites for hydroxylation is 1. The average Bonchev–Trinajstić information content (AvgIpc) is 2.31. The summed E-state index contributed by atoms with van der Waals surface area (Å²) in [7, 11) is 0. The van der Waals surface area contributed by atoms with E-state index >= 15 is 0 Å². The molecule has 106 valence electrons. The third-order valence-corrected chi connectivity index (χ3v) is 3.16. The molecule has 1 aromatic heterocycles. The van der Waals surface area contributed by atoms with Crippen LogP contribution in [0.1, 0.15) is 44.6 Å². The quantitative estimate of drug-likeness (QED) is 0.912. The Morgan fingerprint density at radius 1 is 1.32 bits per heavy atom. The summed E-state index contributed by atoms with van der Waals surface area (Å²) in [4.78, 5) is 4.47. The van der Waals surface area contributed by atoms with Gasteiger partial charge in [-0.05, 0) is 33.1 Å². The highest BCUT2D eigenvalue weighted by atomic mass is 16.6. The van der Waals surface area contributed by atoms with Crippen molar-refractivity contribution >= 4 is 0 Å². The predicted molar refractivity (Wildman–Crippen MR) is 73.6 cm³/mol. The molecule has 1 aliphatic heterocycles. The molecule has 0 bridgehead atoms. The van der Waals surface area contributed by atoms with Crippen molar-refractivity contribution in [2.45, 2.75) is 53.2 Å². The number of hydrogen-bond donors (Lipinski definition) is 1. The first kappa shape index (κ1) is 14.1. The fourth-order valence-electron chi connectivity index (χ4n) is 2.33. The normalized spacial score (nSPS) is 16.8. The largest absolute Gasteiger partial charge is 0.485 e. The van der Waals surface area contributed by atoms with Gasteiger partial charge in [-0.3, -0.25) is 4.98 Å². The molecule has 0 fully saturated rings. The standard InChI is InChI=1S/C15H23NO3/c1-9(2)6-11-12(7-17)16-10(3)13-14(11)18-8-15(4,5)19-13/h9,17H,6-8H2,1-5H3. The lowest BCUT2D eigenvalue weighted by molar-refractivity contribution is 0.0188. The van der Waals surface area contributed by atoms with Gasteiger partial charge < -0.3 is 14.6 Å². The van der Waals surface area contributed by atoms with Gasteiger partial charge in [0.25, 0.3) is 0 Å². The van der Waals surface area contributed by atoms with Crippen molar-refractivity contribution in [3.63, 3.8) is 0 Å². The minimum absolute atomic E-state index is 0.0665. The highest BCUT2D eigenvalue weighted by Gasteiger charge is 2.32. The van der Waals surface area contributed by atoms with Crippen molar-refractivity contribution in [3.05, 3.63) is 17.0 Å². The maximum atomic E-state index is 9.50. The number of nitrogens with zero attached hydrogens (tertiary/aromatic N) is 1. The van der Waals surface area contributed by atoms with Gasteiger partial charge in [0.1, 0.15) is 12.2 Å². The Morgan fingerprint density at radius 2 is 2.00 bits per heavy atom. The van der Waals surface area contributed by atoms with E-state index in [0.29, 0.717) is 18.2 Å². The van der Waals surface area contributed by atoms with Crippen LogP contribution in [0.4, 0.5) is 0 Å². The van der Waals surface area contributed by atoms with E-state index in [1.54, 1.807) is 0 Å². The van der Waals surface area contributed by atoms with Gasteiger partial charge in [-0.2, -0.15) is 0 Å². The van der Waals surface area contributed by atoms with Crippen LogP contribution >= 0.6 is 0 Å². The van der Waals surface area contributed by atoms with E-state index in [9.17, 15) is 5.11 Å². The molecule has 1 N–H and O–H groups in total. The fourth-order valence-corrected chi connectivity index (χ4v) is 2.33. The molecular formula is C15H23NO3. The summed E-state index contributed by atoms with van der Waals surface area (Å²) in [6.07, 6.45) is 0.829. The van der Waals surface area contributed by atoms with Gasteiger partial charge in [-0.25, -0.2) is 0 Å². The van der Waals surface area contributed by atoms with Crippen LogP contribution in [-0.4, -0.2) is 22.3 Å². The van der Waals surface area contributed by atoms with Crippen molar-refractivity contribution in [1.29, 1.82) is 0 Å². The van der Waals surface area contributed by atoms with Crippen molar-refractivity contribution in [2.24, 2.45) is 5.92 Å². The molecule has 4 heteroatoms. The highest BCUT2D eigenvalue weighted by Crippen LogP contribution is 2.42. The fraction of sp³-hybridized carbons (Fsp3) is 0.667. The molecule has 1 aromatic rings. The first-order valence-corrected chi connectivity index (χ1v) is 6.79. The summed E-state index contributed by atoms with van der Waals surface area (Å²) in [5, 5.41) is 9.50. The molecule has 0 aliphatic carbocycles. The van der Waals surface area contributed by atoms with E-state index in [4.69, 9.17) is 9.47 Å². The molecule has 0 unspecified atom stereocenters. The second-order valence-corrected chi connectivity index (χ2v) is 6.19. The van der Waals surface area contributed by atoms with Gasteiger partial charge >= 0.3 is 0 Å². The second-order valence-electron chi connectivity index (χ2n) is 6.19. The van der Waals surface area contributed by atoms with E-state index in [2.05, 4.69) is 18.8 Å². The third-order valence-electron chi connectivity index (χ3n) is 3.16. The van der Waals surface area contributed by atoms with Crippen molar-refractivity contribution in [1.82, 2.24) is 4.98 Å². The molecule has 19 heavy (non-hydrogen) atoms. The van der Waals surface area contributed by atoms with Crippen molar-refractivity contribution in [3.8, 4) is 11.5 Å². The topological polar surface area (TPSA) is 51.6 Å². The van der Waals surface area contributed by atoms with Gasteiger partial charge in [0.05, 0.1) is 18.0 Å². The van der Waals surface area contributed by atoms with Crippen LogP contribution in [0.15, 0.2) is 0 Å². The van der Waals surface area contributed by atoms with Gasteiger partial charge in [0.2, 0.25) is 0 Å². The summed E-state index contributed by atoms with van der Waals surface area (Å²) < 4.78 is 11.9. The molecule has 0 atom stereocenters. The first-order valence-electron chi connectivity index (χ1n) is 6.79.